The zero-order valence-electron chi connectivity index (χ0n) is 10.6. The van der Waals surface area contributed by atoms with Gasteiger partial charge in [-0.05, 0) is 13.8 Å². The van der Waals surface area contributed by atoms with Crippen molar-refractivity contribution in [3.05, 3.63) is 12.2 Å². The molecule has 0 spiro atoms. The first-order valence-electron chi connectivity index (χ1n) is 5.40. The number of aliphatic imine (C=N–C) groups is 1. The first kappa shape index (κ1) is 15.9. The highest BCUT2D eigenvalue weighted by molar-refractivity contribution is 5.92. The van der Waals surface area contributed by atoms with Crippen LogP contribution >= 0.6 is 0 Å². The molecule has 0 aromatic heterocycles. The van der Waals surface area contributed by atoms with Gasteiger partial charge in [-0.25, -0.2) is 0 Å². The van der Waals surface area contributed by atoms with Gasteiger partial charge in [0, 0.05) is 12.1 Å². The predicted molar refractivity (Wildman–Crippen MR) is 71.7 cm³/mol. The van der Waals surface area contributed by atoms with E-state index in [1.54, 1.807) is 0 Å². The number of rotatable bonds is 2. The summed E-state index contributed by atoms with van der Waals surface area (Å²) in [5.41, 5.74) is 19.2. The third-order valence-corrected chi connectivity index (χ3v) is 2.29. The van der Waals surface area contributed by atoms with Crippen LogP contribution in [0.1, 0.15) is 13.8 Å². The Balaban J connectivity index is 0.000000631. The van der Waals surface area contributed by atoms with Crippen molar-refractivity contribution in [3.8, 4) is 0 Å². The molecule has 1 aliphatic rings. The van der Waals surface area contributed by atoms with E-state index in [4.69, 9.17) is 16.9 Å². The van der Waals surface area contributed by atoms with Gasteiger partial charge in [-0.2, -0.15) is 4.99 Å². The molecule has 0 saturated heterocycles. The summed E-state index contributed by atoms with van der Waals surface area (Å²) < 4.78 is 0. The molecule has 9 N–H and O–H groups in total. The van der Waals surface area contributed by atoms with Gasteiger partial charge in [0.25, 0.3) is 5.91 Å². The first-order valence-corrected chi connectivity index (χ1v) is 5.40. The third-order valence-electron chi connectivity index (χ3n) is 2.29. The number of nitrogens with zero attached hydrogens (tertiary/aromatic N) is 2. The second kappa shape index (κ2) is 7.28. The molecule has 0 aromatic carbocycles. The molecule has 0 radical (unpaired) electrons. The van der Waals surface area contributed by atoms with E-state index in [9.17, 15) is 4.79 Å². The van der Waals surface area contributed by atoms with Crippen molar-refractivity contribution in [2.24, 2.45) is 27.9 Å². The van der Waals surface area contributed by atoms with Crippen LogP contribution in [0.15, 0.2) is 17.1 Å². The second-order valence-electron chi connectivity index (χ2n) is 3.92. The lowest BCUT2D eigenvalue weighted by Crippen LogP contribution is -2.38. The molecule has 18 heavy (non-hydrogen) atoms. The highest BCUT2D eigenvalue weighted by Crippen LogP contribution is 2.15. The van der Waals surface area contributed by atoms with Gasteiger partial charge in [-0.15, -0.1) is 0 Å². The molecule has 0 fully saturated rings. The standard InChI is InChI=1S/C9H16N4O.CH5N3/c1-6-3-4-7(2)13(6)5-8(14)12-9(10)11;2-1(3)4/h3-4,6-7H,5H2,1-2H3,(H4,10,11,12,14);(H5,2,3,4)/t6-,7-;/m1./s1. The zero-order chi connectivity index (χ0) is 14.3. The minimum atomic E-state index is -0.333. The van der Waals surface area contributed by atoms with Gasteiger partial charge < -0.3 is 22.9 Å². The Morgan fingerprint density at radius 1 is 1.22 bits per heavy atom. The van der Waals surface area contributed by atoms with Gasteiger partial charge >= 0.3 is 0 Å². The van der Waals surface area contributed by atoms with Crippen LogP contribution in [0, 0.1) is 5.41 Å². The fourth-order valence-electron chi connectivity index (χ4n) is 1.54. The van der Waals surface area contributed by atoms with Gasteiger partial charge in [0.2, 0.25) is 0 Å². The van der Waals surface area contributed by atoms with E-state index in [0.717, 1.165) is 0 Å². The van der Waals surface area contributed by atoms with Gasteiger partial charge in [-0.1, -0.05) is 12.2 Å². The summed E-state index contributed by atoms with van der Waals surface area (Å²) in [4.78, 5) is 16.8. The molecule has 1 heterocycles. The van der Waals surface area contributed by atoms with Gasteiger partial charge in [0.15, 0.2) is 11.9 Å². The van der Waals surface area contributed by atoms with Gasteiger partial charge in [-0.3, -0.25) is 15.1 Å². The third kappa shape index (κ3) is 6.48. The molecule has 2 atom stereocenters. The van der Waals surface area contributed by atoms with Crippen molar-refractivity contribution >= 4 is 17.8 Å². The Bertz CT molecular complexity index is 343. The summed E-state index contributed by atoms with van der Waals surface area (Å²) >= 11 is 0. The Morgan fingerprint density at radius 3 is 1.94 bits per heavy atom. The lowest BCUT2D eigenvalue weighted by atomic mass is 10.3. The maximum absolute atomic E-state index is 11.3. The van der Waals surface area contributed by atoms with Crippen molar-refractivity contribution in [1.82, 2.24) is 4.90 Å². The topological polar surface area (TPSA) is 161 Å². The van der Waals surface area contributed by atoms with E-state index < -0.39 is 0 Å². The van der Waals surface area contributed by atoms with E-state index in [2.05, 4.69) is 28.6 Å². The molecule has 0 saturated carbocycles. The lowest BCUT2D eigenvalue weighted by molar-refractivity contribution is -0.119. The van der Waals surface area contributed by atoms with Crippen molar-refractivity contribution in [2.75, 3.05) is 6.54 Å². The number of carbonyl (C=O) groups excluding carboxylic acids is 1. The van der Waals surface area contributed by atoms with Crippen LogP contribution in [0.4, 0.5) is 0 Å². The second-order valence-corrected chi connectivity index (χ2v) is 3.92. The molecule has 0 bridgehead atoms. The molecule has 102 valence electrons. The average molecular weight is 255 g/mol. The summed E-state index contributed by atoms with van der Waals surface area (Å²) in [5, 5.41) is 6.06. The number of amides is 1. The molecular weight excluding hydrogens is 234 g/mol. The van der Waals surface area contributed by atoms with Gasteiger partial charge in [0.05, 0.1) is 6.54 Å². The Morgan fingerprint density at radius 2 is 1.61 bits per heavy atom. The summed E-state index contributed by atoms with van der Waals surface area (Å²) in [6.45, 7) is 4.32. The highest BCUT2D eigenvalue weighted by atomic mass is 16.1. The van der Waals surface area contributed by atoms with Crippen LogP contribution < -0.4 is 22.9 Å². The number of guanidine groups is 2. The molecule has 8 nitrogen and oxygen atoms in total. The predicted octanol–water partition coefficient (Wildman–Crippen LogP) is -1.73. The minimum Gasteiger partial charge on any atom is -0.370 e. The molecule has 0 aliphatic carbocycles. The molecule has 1 rings (SSSR count). The summed E-state index contributed by atoms with van der Waals surface area (Å²) in [6.07, 6.45) is 4.13. The quantitative estimate of drug-likeness (QED) is 0.224. The number of carbonyl (C=O) groups is 1. The van der Waals surface area contributed by atoms with Crippen LogP contribution in [0.25, 0.3) is 0 Å². The lowest BCUT2D eigenvalue weighted by Gasteiger charge is -2.24. The number of hydrogen-bond acceptors (Lipinski definition) is 3. The Hall–Kier alpha value is -2.09. The number of hydrogen-bond donors (Lipinski definition) is 5. The molecule has 1 amide bonds. The molecule has 1 aliphatic heterocycles. The Labute approximate surface area is 106 Å². The van der Waals surface area contributed by atoms with Gasteiger partial charge in [0.1, 0.15) is 0 Å². The SMILES string of the molecule is C[C@@H]1C=C[C@@H](C)N1CC(=O)N=C(N)N.N=C(N)N. The van der Waals surface area contributed by atoms with E-state index in [1.807, 2.05) is 18.7 Å². The normalized spacial score (nSPS) is 21.9. The highest BCUT2D eigenvalue weighted by Gasteiger charge is 2.23. The number of nitrogens with one attached hydrogen (secondary N) is 1. The van der Waals surface area contributed by atoms with Crippen LogP contribution in [-0.4, -0.2) is 41.4 Å². The maximum Gasteiger partial charge on any atom is 0.263 e. The summed E-state index contributed by atoms with van der Waals surface area (Å²) in [6, 6.07) is 0.534. The van der Waals surface area contributed by atoms with Crippen LogP contribution in [0.3, 0.4) is 0 Å². The largest absolute Gasteiger partial charge is 0.370 e. The minimum absolute atomic E-state index is 0.178. The average Bonchev–Trinajstić information content (AvgIpc) is 2.47. The van der Waals surface area contributed by atoms with Crippen LogP contribution in [0.2, 0.25) is 0 Å². The first-order chi connectivity index (χ1) is 8.23. The van der Waals surface area contributed by atoms with Crippen molar-refractivity contribution in [1.29, 1.82) is 5.41 Å². The smallest absolute Gasteiger partial charge is 0.263 e. The molecule has 8 heteroatoms. The fourth-order valence-corrected chi connectivity index (χ4v) is 1.54. The van der Waals surface area contributed by atoms with Crippen molar-refractivity contribution < 1.29 is 4.79 Å². The van der Waals surface area contributed by atoms with Crippen molar-refractivity contribution in [2.45, 2.75) is 25.9 Å². The Kier molecular flexibility index (Phi) is 6.43. The molecule has 0 aromatic rings. The monoisotopic (exact) mass is 255 g/mol. The van der Waals surface area contributed by atoms with Crippen LogP contribution in [0.5, 0.6) is 0 Å². The molecular formula is C10H21N7O. The van der Waals surface area contributed by atoms with E-state index >= 15 is 0 Å². The van der Waals surface area contributed by atoms with E-state index in [1.165, 1.54) is 0 Å². The maximum atomic E-state index is 11.3. The summed E-state index contributed by atoms with van der Waals surface area (Å²) in [5.74, 6) is -0.810. The van der Waals surface area contributed by atoms with E-state index in [-0.39, 0.29) is 36.5 Å². The fraction of sp³-hybridized carbons (Fsp3) is 0.500. The molecule has 0 unspecified atom stereocenters. The zero-order valence-corrected chi connectivity index (χ0v) is 10.6. The van der Waals surface area contributed by atoms with Crippen LogP contribution in [-0.2, 0) is 4.79 Å². The van der Waals surface area contributed by atoms with E-state index in [0.29, 0.717) is 0 Å². The van der Waals surface area contributed by atoms with Crippen molar-refractivity contribution in [3.63, 3.8) is 0 Å². The summed E-state index contributed by atoms with van der Waals surface area (Å²) in [7, 11) is 0. The number of nitrogens with two attached hydrogens (primary N) is 4.